The smallest absolute Gasteiger partial charge is 0.277 e. The standard InChI is InChI=1S/C17H9N3O2/c21-16-14-6-3-7-19(14)17(22)15-8-11-10-4-1-2-5-12(10)18-13(11)9-20(15)16/h1-9H/p+1. The number of aromatic nitrogens is 3. The minimum atomic E-state index is -0.194. The molecule has 0 spiro atoms. The molecule has 0 saturated carbocycles. The van der Waals surface area contributed by atoms with Crippen LogP contribution in [0.1, 0.15) is 0 Å². The summed E-state index contributed by atoms with van der Waals surface area (Å²) >= 11 is 0. The molecule has 1 aromatic carbocycles. The summed E-state index contributed by atoms with van der Waals surface area (Å²) in [5.41, 5.74) is 2.21. The van der Waals surface area contributed by atoms with Gasteiger partial charge >= 0.3 is 0 Å². The van der Waals surface area contributed by atoms with E-state index in [9.17, 15) is 9.59 Å². The Hall–Kier alpha value is -3.21. The van der Waals surface area contributed by atoms with Crippen LogP contribution < -0.4 is 16.1 Å². The van der Waals surface area contributed by atoms with Gasteiger partial charge in [-0.25, -0.2) is 4.98 Å². The molecule has 0 fully saturated rings. The summed E-state index contributed by atoms with van der Waals surface area (Å²) in [6.07, 6.45) is 3.33. The molecule has 4 heterocycles. The first kappa shape index (κ1) is 11.4. The fraction of sp³-hybridized carbons (Fsp3) is 0. The second kappa shape index (κ2) is 3.71. The van der Waals surface area contributed by atoms with Crippen LogP contribution in [0.15, 0.2) is 64.4 Å². The highest BCUT2D eigenvalue weighted by Gasteiger charge is 2.16. The largest absolute Gasteiger partial charge is 0.279 e. The highest BCUT2D eigenvalue weighted by molar-refractivity contribution is 6.04. The van der Waals surface area contributed by atoms with Gasteiger partial charge < -0.3 is 0 Å². The van der Waals surface area contributed by atoms with Crippen molar-refractivity contribution in [3.63, 3.8) is 0 Å². The topological polar surface area (TPSA) is 57.1 Å². The lowest BCUT2D eigenvalue weighted by atomic mass is 10.2. The summed E-state index contributed by atoms with van der Waals surface area (Å²) in [4.78, 5) is 28.4. The van der Waals surface area contributed by atoms with Gasteiger partial charge in [-0.1, -0.05) is 12.1 Å². The molecule has 1 N–H and O–H groups in total. The number of hydrogen-bond donors (Lipinski definition) is 0. The van der Waals surface area contributed by atoms with Crippen LogP contribution in [-0.4, -0.2) is 8.80 Å². The van der Waals surface area contributed by atoms with Crippen LogP contribution in [0.3, 0.4) is 0 Å². The van der Waals surface area contributed by atoms with Gasteiger partial charge in [0.25, 0.3) is 11.1 Å². The van der Waals surface area contributed by atoms with Crippen molar-refractivity contribution in [3.8, 4) is 0 Å². The van der Waals surface area contributed by atoms with Gasteiger partial charge in [0.05, 0.1) is 17.0 Å². The molecule has 0 radical (unpaired) electrons. The van der Waals surface area contributed by atoms with Gasteiger partial charge in [-0.3, -0.25) is 18.4 Å². The highest BCUT2D eigenvalue weighted by atomic mass is 16.1. The van der Waals surface area contributed by atoms with Crippen LogP contribution >= 0.6 is 0 Å². The maximum absolute atomic E-state index is 12.6. The van der Waals surface area contributed by atoms with E-state index in [1.807, 2.05) is 24.3 Å². The molecule has 0 atom stereocenters. The van der Waals surface area contributed by atoms with Gasteiger partial charge in [0.15, 0.2) is 0 Å². The number of pyridine rings is 1. The average Bonchev–Trinajstić information content (AvgIpc) is 3.15. The fourth-order valence-corrected chi connectivity index (χ4v) is 3.16. The maximum Gasteiger partial charge on any atom is 0.279 e. The molecule has 5 rings (SSSR count). The van der Waals surface area contributed by atoms with E-state index < -0.39 is 0 Å². The summed E-state index contributed by atoms with van der Waals surface area (Å²) in [6, 6.07) is 13.0. The van der Waals surface area contributed by atoms with Crippen LogP contribution in [0.5, 0.6) is 0 Å². The molecule has 5 heteroatoms. The number of H-pyrrole nitrogens is 1. The van der Waals surface area contributed by atoms with Gasteiger partial charge in [-0.2, -0.15) is 0 Å². The Balaban J connectivity index is 2.14. The third-order valence-electron chi connectivity index (χ3n) is 4.20. The molecule has 5 aromatic rings. The van der Waals surface area contributed by atoms with Crippen LogP contribution in [0.4, 0.5) is 0 Å². The lowest BCUT2D eigenvalue weighted by molar-refractivity contribution is -0.308. The first-order valence-corrected chi connectivity index (χ1v) is 6.97. The minimum Gasteiger partial charge on any atom is -0.277 e. The number of nitrogens with one attached hydrogen (secondary N) is 1. The number of nitrogens with zero attached hydrogens (tertiary/aromatic N) is 2. The Kier molecular flexibility index (Phi) is 1.93. The molecule has 4 aromatic heterocycles. The number of para-hydroxylation sites is 1. The maximum atomic E-state index is 12.6. The summed E-state index contributed by atoms with van der Waals surface area (Å²) in [6.45, 7) is 0. The van der Waals surface area contributed by atoms with Gasteiger partial charge in [-0.15, -0.1) is 0 Å². The van der Waals surface area contributed by atoms with Gasteiger partial charge in [0.2, 0.25) is 11.0 Å². The lowest BCUT2D eigenvalue weighted by Gasteiger charge is -2.00. The van der Waals surface area contributed by atoms with Gasteiger partial charge in [0.1, 0.15) is 11.0 Å². The quantitative estimate of drug-likeness (QED) is 0.433. The Labute approximate surface area is 123 Å². The van der Waals surface area contributed by atoms with E-state index in [1.54, 1.807) is 30.6 Å². The van der Waals surface area contributed by atoms with Crippen molar-refractivity contribution in [2.45, 2.75) is 0 Å². The van der Waals surface area contributed by atoms with Crippen molar-refractivity contribution in [2.75, 3.05) is 0 Å². The molecule has 0 saturated heterocycles. The van der Waals surface area contributed by atoms with Gasteiger partial charge in [-0.05, 0) is 24.3 Å². The molecule has 0 aliphatic carbocycles. The van der Waals surface area contributed by atoms with Crippen molar-refractivity contribution in [3.05, 3.63) is 75.6 Å². The SMILES string of the molecule is O=c1c2cc3c(cn2c(=O)c2cccn12)[nH+]c1ccccc13. The zero-order valence-electron chi connectivity index (χ0n) is 11.4. The van der Waals surface area contributed by atoms with E-state index >= 15 is 0 Å². The summed E-state index contributed by atoms with van der Waals surface area (Å²) in [5.74, 6) is 0. The Morgan fingerprint density at radius 2 is 1.59 bits per heavy atom. The van der Waals surface area contributed by atoms with E-state index in [-0.39, 0.29) is 11.1 Å². The molecular formula is C17H10N3O2+. The van der Waals surface area contributed by atoms with E-state index in [1.165, 1.54) is 8.80 Å². The Bertz CT molecular complexity index is 1310. The molecular weight excluding hydrogens is 278 g/mol. The molecule has 0 amide bonds. The van der Waals surface area contributed by atoms with E-state index in [2.05, 4.69) is 4.98 Å². The average molecular weight is 288 g/mol. The Morgan fingerprint density at radius 3 is 2.50 bits per heavy atom. The van der Waals surface area contributed by atoms with Crippen LogP contribution in [0, 0.1) is 0 Å². The second-order valence-electron chi connectivity index (χ2n) is 5.40. The normalized spacial score (nSPS) is 12.0. The molecule has 0 unspecified atom stereocenters. The summed E-state index contributed by atoms with van der Waals surface area (Å²) < 4.78 is 2.83. The van der Waals surface area contributed by atoms with Crippen molar-refractivity contribution in [2.24, 2.45) is 0 Å². The van der Waals surface area contributed by atoms with Crippen molar-refractivity contribution in [1.29, 1.82) is 0 Å². The zero-order valence-corrected chi connectivity index (χ0v) is 11.4. The van der Waals surface area contributed by atoms with Crippen LogP contribution in [-0.2, 0) is 0 Å². The third kappa shape index (κ3) is 1.25. The van der Waals surface area contributed by atoms with Crippen molar-refractivity contribution >= 4 is 32.8 Å². The number of rotatable bonds is 0. The van der Waals surface area contributed by atoms with E-state index in [0.717, 1.165) is 21.8 Å². The zero-order chi connectivity index (χ0) is 14.8. The number of aromatic amines is 1. The highest BCUT2D eigenvalue weighted by Crippen LogP contribution is 2.22. The van der Waals surface area contributed by atoms with Crippen molar-refractivity contribution < 1.29 is 4.98 Å². The first-order chi connectivity index (χ1) is 10.7. The van der Waals surface area contributed by atoms with Crippen LogP contribution in [0.25, 0.3) is 32.8 Å². The minimum absolute atomic E-state index is 0.188. The van der Waals surface area contributed by atoms with E-state index in [4.69, 9.17) is 0 Å². The molecule has 104 valence electrons. The first-order valence-electron chi connectivity index (χ1n) is 6.97. The lowest BCUT2D eigenvalue weighted by Crippen LogP contribution is -2.26. The number of fused-ring (bicyclic) bond motifs is 5. The van der Waals surface area contributed by atoms with E-state index in [0.29, 0.717) is 11.0 Å². The van der Waals surface area contributed by atoms with Crippen LogP contribution in [0.2, 0.25) is 0 Å². The Morgan fingerprint density at radius 1 is 0.773 bits per heavy atom. The number of benzene rings is 1. The molecule has 0 bridgehead atoms. The predicted octanol–water partition coefficient (Wildman–Crippen LogP) is 1.47. The molecule has 5 nitrogen and oxygen atoms in total. The van der Waals surface area contributed by atoms with Crippen molar-refractivity contribution in [1.82, 2.24) is 8.80 Å². The fourth-order valence-electron chi connectivity index (χ4n) is 3.16. The second-order valence-corrected chi connectivity index (χ2v) is 5.40. The monoisotopic (exact) mass is 288 g/mol. The molecule has 0 aliphatic heterocycles. The summed E-state index contributed by atoms with van der Waals surface area (Å²) in [7, 11) is 0. The third-order valence-corrected chi connectivity index (χ3v) is 4.20. The van der Waals surface area contributed by atoms with Gasteiger partial charge in [0, 0.05) is 12.3 Å². The molecule has 0 aliphatic rings. The predicted molar refractivity (Wildman–Crippen MR) is 83.6 cm³/mol. The molecule has 22 heavy (non-hydrogen) atoms. The summed E-state index contributed by atoms with van der Waals surface area (Å²) in [5, 5.41) is 1.98. The number of hydrogen-bond acceptors (Lipinski definition) is 2.